The molecule has 0 spiro atoms. The van der Waals surface area contributed by atoms with Crippen LogP contribution in [-0.2, 0) is 0 Å². The van der Waals surface area contributed by atoms with E-state index >= 15 is 0 Å². The minimum Gasteiger partial charge on any atom is -0.391 e. The number of fused-ring (bicyclic) bond motifs is 5. The maximum atomic E-state index is 12.9. The maximum absolute atomic E-state index is 12.9. The normalized spacial score (nSPS) is 26.5. The molecule has 2 aliphatic rings. The van der Waals surface area contributed by atoms with E-state index in [2.05, 4.69) is 11.1 Å². The van der Waals surface area contributed by atoms with Crippen molar-refractivity contribution in [3.63, 3.8) is 0 Å². The van der Waals surface area contributed by atoms with Crippen molar-refractivity contribution in [3.05, 3.63) is 48.0 Å². The van der Waals surface area contributed by atoms with Crippen LogP contribution in [0.3, 0.4) is 0 Å². The predicted molar refractivity (Wildman–Crippen MR) is 89.4 cm³/mol. The van der Waals surface area contributed by atoms with Gasteiger partial charge in [0.05, 0.1) is 12.1 Å². The summed E-state index contributed by atoms with van der Waals surface area (Å²) in [6.45, 7) is 0.784. The average Bonchev–Trinajstić information content (AvgIpc) is 3.24. The van der Waals surface area contributed by atoms with Gasteiger partial charge in [0.1, 0.15) is 0 Å². The van der Waals surface area contributed by atoms with E-state index in [4.69, 9.17) is 0 Å². The molecule has 3 aromatic rings. The molecule has 2 fully saturated rings. The van der Waals surface area contributed by atoms with Crippen molar-refractivity contribution in [3.8, 4) is 0 Å². The number of carbonyl (C=O) groups is 1. The second-order valence-electron chi connectivity index (χ2n) is 6.86. The van der Waals surface area contributed by atoms with Gasteiger partial charge in [0.15, 0.2) is 0 Å². The highest BCUT2D eigenvalue weighted by Crippen LogP contribution is 2.38. The molecule has 4 heteroatoms. The standard InChI is InChI=1S/C19H18N2O2/c22-18-8-11-7-17(18)21(10-11)19(23)12-5-6-16-14(9-12)13-3-1-2-4-15(13)20-16/h1-6,9,11,17-18,20,22H,7-8,10H2. The highest BCUT2D eigenvalue weighted by Gasteiger charge is 2.46. The van der Waals surface area contributed by atoms with Gasteiger partial charge in [-0.25, -0.2) is 0 Å². The molecule has 5 rings (SSSR count). The summed E-state index contributed by atoms with van der Waals surface area (Å²) in [7, 11) is 0. The van der Waals surface area contributed by atoms with Gasteiger partial charge in [-0.3, -0.25) is 4.79 Å². The highest BCUT2D eigenvalue weighted by molar-refractivity contribution is 6.10. The molecule has 2 heterocycles. The van der Waals surface area contributed by atoms with Crippen LogP contribution in [0.15, 0.2) is 42.5 Å². The van der Waals surface area contributed by atoms with Crippen LogP contribution in [0.25, 0.3) is 21.8 Å². The summed E-state index contributed by atoms with van der Waals surface area (Å²) in [5.74, 6) is 0.513. The number of piperidine rings is 1. The lowest BCUT2D eigenvalue weighted by Gasteiger charge is -2.30. The number of likely N-dealkylation sites (tertiary alicyclic amines) is 1. The van der Waals surface area contributed by atoms with Gasteiger partial charge in [0, 0.05) is 33.9 Å². The summed E-state index contributed by atoms with van der Waals surface area (Å²) in [5, 5.41) is 12.3. The predicted octanol–water partition coefficient (Wildman–Crippen LogP) is 2.92. The first-order chi connectivity index (χ1) is 11.2. The zero-order valence-corrected chi connectivity index (χ0v) is 12.7. The highest BCUT2D eigenvalue weighted by atomic mass is 16.3. The first-order valence-electron chi connectivity index (χ1n) is 8.20. The lowest BCUT2D eigenvalue weighted by Crippen LogP contribution is -2.44. The van der Waals surface area contributed by atoms with Gasteiger partial charge >= 0.3 is 0 Å². The number of aromatic nitrogens is 1. The molecule has 3 unspecified atom stereocenters. The van der Waals surface area contributed by atoms with Crippen LogP contribution in [0.5, 0.6) is 0 Å². The first-order valence-corrected chi connectivity index (χ1v) is 8.20. The van der Waals surface area contributed by atoms with Gasteiger partial charge in [-0.2, -0.15) is 0 Å². The second kappa shape index (κ2) is 4.59. The number of aromatic amines is 1. The largest absolute Gasteiger partial charge is 0.391 e. The molecular formula is C19H18N2O2. The molecule has 4 nitrogen and oxygen atoms in total. The number of nitrogens with one attached hydrogen (secondary N) is 1. The third kappa shape index (κ3) is 1.85. The van der Waals surface area contributed by atoms with E-state index < -0.39 is 0 Å². The number of hydrogen-bond acceptors (Lipinski definition) is 2. The Morgan fingerprint density at radius 1 is 1.09 bits per heavy atom. The molecule has 1 aromatic heterocycles. The number of H-pyrrole nitrogens is 1. The molecule has 1 saturated carbocycles. The monoisotopic (exact) mass is 306 g/mol. The number of nitrogens with zero attached hydrogens (tertiary/aromatic N) is 1. The molecule has 116 valence electrons. The van der Waals surface area contributed by atoms with Crippen LogP contribution >= 0.6 is 0 Å². The number of carbonyl (C=O) groups excluding carboxylic acids is 1. The Morgan fingerprint density at radius 3 is 2.74 bits per heavy atom. The molecule has 2 N–H and O–H groups in total. The van der Waals surface area contributed by atoms with Crippen molar-refractivity contribution in [2.24, 2.45) is 5.92 Å². The average molecular weight is 306 g/mol. The minimum atomic E-state index is -0.352. The molecule has 23 heavy (non-hydrogen) atoms. The summed E-state index contributed by atoms with van der Waals surface area (Å²) in [4.78, 5) is 18.1. The Morgan fingerprint density at radius 2 is 1.91 bits per heavy atom. The zero-order chi connectivity index (χ0) is 15.6. The van der Waals surface area contributed by atoms with Gasteiger partial charge in [-0.15, -0.1) is 0 Å². The van der Waals surface area contributed by atoms with Crippen molar-refractivity contribution in [1.29, 1.82) is 0 Å². The third-order valence-electron chi connectivity index (χ3n) is 5.46. The Bertz CT molecular complexity index is 929. The maximum Gasteiger partial charge on any atom is 0.254 e. The number of aliphatic hydroxyl groups is 1. The summed E-state index contributed by atoms with van der Waals surface area (Å²) in [5.41, 5.74) is 2.84. The van der Waals surface area contributed by atoms with E-state index in [0.717, 1.165) is 41.2 Å². The topological polar surface area (TPSA) is 56.3 Å². The Labute approximate surface area is 133 Å². The Kier molecular flexibility index (Phi) is 2.62. The fourth-order valence-corrected chi connectivity index (χ4v) is 4.37. The van der Waals surface area contributed by atoms with Crippen molar-refractivity contribution < 1.29 is 9.90 Å². The van der Waals surface area contributed by atoms with Crippen LogP contribution in [0.1, 0.15) is 23.2 Å². The molecule has 2 aromatic carbocycles. The SMILES string of the molecule is O=C(c1ccc2[nH]c3ccccc3c2c1)N1CC2CC(O)C1C2. The number of hydrogen-bond donors (Lipinski definition) is 2. The molecule has 0 radical (unpaired) electrons. The first kappa shape index (κ1) is 13.1. The van der Waals surface area contributed by atoms with E-state index in [1.54, 1.807) is 0 Å². The quantitative estimate of drug-likeness (QED) is 0.726. The summed E-state index contributed by atoms with van der Waals surface area (Å²) >= 11 is 0. The van der Waals surface area contributed by atoms with E-state index in [1.165, 1.54) is 0 Å². The molecule has 2 bridgehead atoms. The van der Waals surface area contributed by atoms with E-state index in [0.29, 0.717) is 11.5 Å². The minimum absolute atomic E-state index is 0.00571. The molecule has 3 atom stereocenters. The van der Waals surface area contributed by atoms with Gasteiger partial charge in [-0.1, -0.05) is 18.2 Å². The molecule has 1 amide bonds. The van der Waals surface area contributed by atoms with E-state index in [-0.39, 0.29) is 18.1 Å². The number of benzene rings is 2. The van der Waals surface area contributed by atoms with Crippen molar-refractivity contribution in [1.82, 2.24) is 9.88 Å². The summed E-state index contributed by atoms with van der Waals surface area (Å²) < 4.78 is 0. The number of amides is 1. The fraction of sp³-hybridized carbons (Fsp3) is 0.316. The van der Waals surface area contributed by atoms with Gasteiger partial charge < -0.3 is 15.0 Å². The molecular weight excluding hydrogens is 288 g/mol. The number of aliphatic hydroxyl groups excluding tert-OH is 1. The van der Waals surface area contributed by atoms with Crippen molar-refractivity contribution in [2.75, 3.05) is 6.54 Å². The van der Waals surface area contributed by atoms with Crippen molar-refractivity contribution >= 4 is 27.7 Å². The van der Waals surface area contributed by atoms with Gasteiger partial charge in [0.25, 0.3) is 5.91 Å². The fourth-order valence-electron chi connectivity index (χ4n) is 4.37. The lowest BCUT2D eigenvalue weighted by molar-refractivity contribution is 0.0403. The smallest absolute Gasteiger partial charge is 0.254 e. The third-order valence-corrected chi connectivity index (χ3v) is 5.46. The van der Waals surface area contributed by atoms with Crippen LogP contribution in [0.2, 0.25) is 0 Å². The van der Waals surface area contributed by atoms with Gasteiger partial charge in [-0.05, 0) is 43.0 Å². The van der Waals surface area contributed by atoms with E-state index in [9.17, 15) is 9.90 Å². The molecule has 1 aliphatic heterocycles. The lowest BCUT2D eigenvalue weighted by atomic mass is 10.0. The van der Waals surface area contributed by atoms with Crippen LogP contribution in [0.4, 0.5) is 0 Å². The second-order valence-corrected chi connectivity index (χ2v) is 6.86. The summed E-state index contributed by atoms with van der Waals surface area (Å²) in [6, 6.07) is 14.0. The number of para-hydroxylation sites is 1. The molecule has 1 aliphatic carbocycles. The van der Waals surface area contributed by atoms with Crippen molar-refractivity contribution in [2.45, 2.75) is 25.0 Å². The summed E-state index contributed by atoms with van der Waals surface area (Å²) in [6.07, 6.45) is 1.44. The van der Waals surface area contributed by atoms with Crippen LogP contribution in [0, 0.1) is 5.92 Å². The number of rotatable bonds is 1. The Balaban J connectivity index is 1.57. The van der Waals surface area contributed by atoms with Crippen LogP contribution in [-0.4, -0.2) is 39.6 Å². The van der Waals surface area contributed by atoms with E-state index in [1.807, 2.05) is 41.3 Å². The zero-order valence-electron chi connectivity index (χ0n) is 12.7. The Hall–Kier alpha value is -2.33. The molecule has 1 saturated heterocycles. The van der Waals surface area contributed by atoms with Gasteiger partial charge in [0.2, 0.25) is 0 Å². The van der Waals surface area contributed by atoms with Crippen LogP contribution < -0.4 is 0 Å².